The van der Waals surface area contributed by atoms with Crippen molar-refractivity contribution in [3.05, 3.63) is 68.5 Å². The number of sulfonamides is 1. The van der Waals surface area contributed by atoms with Gasteiger partial charge in [-0.15, -0.1) is 22.7 Å². The summed E-state index contributed by atoms with van der Waals surface area (Å²) in [5, 5.41) is 15.7. The van der Waals surface area contributed by atoms with E-state index in [1.807, 2.05) is 46.8 Å². The van der Waals surface area contributed by atoms with Crippen molar-refractivity contribution in [2.75, 3.05) is 11.4 Å². The topological polar surface area (TPSA) is 96.1 Å². The molecular weight excluding hydrogens is 464 g/mol. The lowest BCUT2D eigenvalue weighted by atomic mass is 10.1. The zero-order valence-corrected chi connectivity index (χ0v) is 19.8. The van der Waals surface area contributed by atoms with E-state index in [0.717, 1.165) is 26.7 Å². The highest BCUT2D eigenvalue weighted by Gasteiger charge is 2.36. The number of benzene rings is 1. The number of hydrogen-bond acceptors (Lipinski definition) is 7. The first-order valence-corrected chi connectivity index (χ1v) is 13.5. The van der Waals surface area contributed by atoms with Gasteiger partial charge < -0.3 is 4.90 Å². The summed E-state index contributed by atoms with van der Waals surface area (Å²) in [6.45, 7) is 2.21. The molecule has 2 unspecified atom stereocenters. The molecule has 0 bridgehead atoms. The summed E-state index contributed by atoms with van der Waals surface area (Å²) in [7, 11) is -3.76. The summed E-state index contributed by atoms with van der Waals surface area (Å²) < 4.78 is 23.4. The van der Waals surface area contributed by atoms with Crippen LogP contribution < -0.4 is 10.0 Å². The summed E-state index contributed by atoms with van der Waals surface area (Å²) in [5.74, 6) is -0.0785. The first-order chi connectivity index (χ1) is 15.3. The Balaban J connectivity index is 1.42. The number of nitrogens with two attached hydrogens (primary N) is 1. The van der Waals surface area contributed by atoms with Gasteiger partial charge in [0.2, 0.25) is 10.0 Å². The normalized spacial score (nSPS) is 20.5. The Kier molecular flexibility index (Phi) is 5.40. The second kappa shape index (κ2) is 8.11. The molecule has 0 fully saturated rings. The van der Waals surface area contributed by atoms with Crippen molar-refractivity contribution in [1.29, 1.82) is 0 Å². The third-order valence-corrected chi connectivity index (χ3v) is 8.69. The van der Waals surface area contributed by atoms with Crippen LogP contribution in [0.2, 0.25) is 0 Å². The molecule has 2 atom stereocenters. The number of primary sulfonamides is 1. The second-order valence-electron chi connectivity index (χ2n) is 8.01. The lowest BCUT2D eigenvalue weighted by Crippen LogP contribution is -2.40. The van der Waals surface area contributed by atoms with Crippen molar-refractivity contribution >= 4 is 50.0 Å². The van der Waals surface area contributed by atoms with Crippen LogP contribution in [0.1, 0.15) is 34.7 Å². The van der Waals surface area contributed by atoms with Crippen LogP contribution in [-0.4, -0.2) is 37.6 Å². The minimum absolute atomic E-state index is 0.0632. The molecule has 2 N–H and O–H groups in total. The van der Waals surface area contributed by atoms with E-state index in [1.165, 1.54) is 6.07 Å². The maximum atomic E-state index is 13.5. The van der Waals surface area contributed by atoms with Crippen molar-refractivity contribution in [2.24, 2.45) is 10.2 Å². The van der Waals surface area contributed by atoms with Gasteiger partial charge >= 0.3 is 0 Å². The quantitative estimate of drug-likeness (QED) is 0.596. The van der Waals surface area contributed by atoms with Crippen LogP contribution in [0.15, 0.2) is 63.2 Å². The monoisotopic (exact) mass is 486 g/mol. The van der Waals surface area contributed by atoms with Gasteiger partial charge in [-0.3, -0.25) is 4.79 Å². The van der Waals surface area contributed by atoms with Crippen LogP contribution in [0.3, 0.4) is 0 Å². The third-order valence-electron chi connectivity index (χ3n) is 5.89. The molecule has 166 valence electrons. The molecule has 0 aliphatic carbocycles. The number of thiophene rings is 2. The average molecular weight is 487 g/mol. The van der Waals surface area contributed by atoms with Crippen LogP contribution >= 0.6 is 22.7 Å². The highest BCUT2D eigenvalue weighted by Crippen LogP contribution is 2.38. The Bertz CT molecular complexity index is 1280. The lowest BCUT2D eigenvalue weighted by molar-refractivity contribution is -0.131. The molecule has 1 amide bonds. The zero-order valence-electron chi connectivity index (χ0n) is 17.3. The number of fused-ring (bicyclic) bond motifs is 1. The average Bonchev–Trinajstić information content (AvgIpc) is 3.53. The van der Waals surface area contributed by atoms with Crippen LogP contribution in [0.5, 0.6) is 0 Å². The minimum Gasteiger partial charge on any atom is -0.359 e. The smallest absolute Gasteiger partial charge is 0.262 e. The molecule has 0 spiro atoms. The maximum Gasteiger partial charge on any atom is 0.262 e. The Hall–Kier alpha value is -2.53. The Morgan fingerprint density at radius 3 is 2.62 bits per heavy atom. The number of rotatable bonds is 5. The predicted octanol–water partition coefficient (Wildman–Crippen LogP) is 3.59. The van der Waals surface area contributed by atoms with E-state index in [2.05, 4.69) is 0 Å². The molecule has 0 radical (unpaired) electrons. The Morgan fingerprint density at radius 2 is 1.94 bits per heavy atom. The first-order valence-electron chi connectivity index (χ1n) is 10.2. The largest absolute Gasteiger partial charge is 0.359 e. The molecular formula is C22H22N4O3S3. The summed E-state index contributed by atoms with van der Waals surface area (Å²) >= 11 is 3.26. The number of carbonyl (C=O) groups is 1. The van der Waals surface area contributed by atoms with E-state index in [9.17, 15) is 13.2 Å². The van der Waals surface area contributed by atoms with Gasteiger partial charge in [0.15, 0.2) is 0 Å². The Morgan fingerprint density at radius 1 is 1.16 bits per heavy atom. The third kappa shape index (κ3) is 3.88. The molecule has 2 aromatic heterocycles. The molecule has 4 heterocycles. The summed E-state index contributed by atoms with van der Waals surface area (Å²) in [5.41, 5.74) is 2.68. The summed E-state index contributed by atoms with van der Waals surface area (Å²) in [6.07, 6.45) is 1.35. The van der Waals surface area contributed by atoms with Gasteiger partial charge in [-0.05, 0) is 60.0 Å². The van der Waals surface area contributed by atoms with Crippen molar-refractivity contribution in [3.8, 4) is 0 Å². The molecule has 3 aromatic rings. The molecule has 32 heavy (non-hydrogen) atoms. The molecule has 2 aliphatic rings. The van der Waals surface area contributed by atoms with Gasteiger partial charge in [0.05, 0.1) is 28.1 Å². The fourth-order valence-corrected chi connectivity index (χ4v) is 6.44. The van der Waals surface area contributed by atoms with E-state index in [1.54, 1.807) is 39.8 Å². The van der Waals surface area contributed by atoms with Crippen LogP contribution in [0.4, 0.5) is 5.69 Å². The van der Waals surface area contributed by atoms with Crippen LogP contribution in [-0.2, 0) is 21.2 Å². The molecule has 0 saturated heterocycles. The highest BCUT2D eigenvalue weighted by atomic mass is 32.2. The van der Waals surface area contributed by atoms with E-state index >= 15 is 0 Å². The van der Waals surface area contributed by atoms with E-state index in [4.69, 9.17) is 10.2 Å². The number of anilines is 1. The molecule has 10 heteroatoms. The van der Waals surface area contributed by atoms with Gasteiger partial charge in [0, 0.05) is 23.0 Å². The lowest BCUT2D eigenvalue weighted by Gasteiger charge is -2.28. The fourth-order valence-electron chi connectivity index (χ4n) is 4.34. The van der Waals surface area contributed by atoms with Crippen LogP contribution in [0.25, 0.3) is 0 Å². The Labute approximate surface area is 194 Å². The molecule has 5 rings (SSSR count). The number of hydrogen-bond donors (Lipinski definition) is 1. The summed E-state index contributed by atoms with van der Waals surface area (Å²) in [6, 6.07) is 12.9. The van der Waals surface area contributed by atoms with Crippen molar-refractivity contribution in [3.63, 3.8) is 0 Å². The highest BCUT2D eigenvalue weighted by molar-refractivity contribution is 7.89. The van der Waals surface area contributed by atoms with Gasteiger partial charge in [0.1, 0.15) is 0 Å². The fraction of sp³-hybridized carbons (Fsp3) is 0.273. The number of hydrazone groups is 1. The zero-order chi connectivity index (χ0) is 22.5. The molecule has 0 saturated carbocycles. The second-order valence-corrected chi connectivity index (χ2v) is 11.5. The van der Waals surface area contributed by atoms with Crippen LogP contribution in [0, 0.1) is 0 Å². The maximum absolute atomic E-state index is 13.5. The first kappa shape index (κ1) is 21.3. The minimum atomic E-state index is -3.76. The van der Waals surface area contributed by atoms with Gasteiger partial charge in [-0.1, -0.05) is 12.1 Å². The number of carbonyl (C=O) groups excluding carboxylic acids is 1. The van der Waals surface area contributed by atoms with Crippen molar-refractivity contribution in [2.45, 2.75) is 36.7 Å². The van der Waals surface area contributed by atoms with Gasteiger partial charge in [0.25, 0.3) is 5.91 Å². The van der Waals surface area contributed by atoms with Crippen molar-refractivity contribution in [1.82, 2.24) is 5.01 Å². The standard InChI is InChI=1S/C22H22N4O3S3/c1-14-10-15-11-16(32(23,28)29)6-7-18(15)25(14)13-22(27)26-19(21-5-3-9-31-21)12-17(24-26)20-4-2-8-30-20/h2-9,11,14,19H,10,12-13H2,1H3,(H2,23,28,29). The van der Waals surface area contributed by atoms with Gasteiger partial charge in [-0.2, -0.15) is 5.10 Å². The van der Waals surface area contributed by atoms with E-state index in [0.29, 0.717) is 12.8 Å². The molecule has 1 aromatic carbocycles. The number of nitrogens with zero attached hydrogens (tertiary/aromatic N) is 3. The van der Waals surface area contributed by atoms with Gasteiger partial charge in [-0.25, -0.2) is 18.6 Å². The SMILES string of the molecule is CC1Cc2cc(S(N)(=O)=O)ccc2N1CC(=O)N1N=C(c2cccs2)CC1c1cccs1. The number of amides is 1. The predicted molar refractivity (Wildman–Crippen MR) is 128 cm³/mol. The van der Waals surface area contributed by atoms with E-state index < -0.39 is 10.0 Å². The van der Waals surface area contributed by atoms with Crippen molar-refractivity contribution < 1.29 is 13.2 Å². The molecule has 7 nitrogen and oxygen atoms in total. The summed E-state index contributed by atoms with van der Waals surface area (Å²) in [4.78, 5) is 17.8. The molecule has 2 aliphatic heterocycles. The van der Waals surface area contributed by atoms with E-state index in [-0.39, 0.29) is 29.4 Å².